The second kappa shape index (κ2) is 20.4. The van der Waals surface area contributed by atoms with Crippen LogP contribution in [0.4, 0.5) is 0 Å². The molecular weight excluding hydrogens is 879 g/mol. The molecule has 0 spiro atoms. The number of H-pyrrole nitrogens is 3. The van der Waals surface area contributed by atoms with E-state index in [-0.39, 0.29) is 0 Å². The number of piperidine rings is 3. The Labute approximate surface area is 420 Å². The van der Waals surface area contributed by atoms with Crippen LogP contribution in [0.2, 0.25) is 0 Å². The van der Waals surface area contributed by atoms with E-state index in [1.165, 1.54) is 97.1 Å². The molecule has 0 atom stereocenters. The summed E-state index contributed by atoms with van der Waals surface area (Å²) in [6.07, 6.45) is 16.2. The molecule has 71 heavy (non-hydrogen) atoms. The van der Waals surface area contributed by atoms with Gasteiger partial charge >= 0.3 is 0 Å². The van der Waals surface area contributed by atoms with E-state index in [1.807, 2.05) is 0 Å². The zero-order valence-electron chi connectivity index (χ0n) is 42.4. The number of rotatable bonds is 15. The molecule has 7 aromatic rings. The number of likely N-dealkylation sites (N-methyl/N-ethyl adjacent to an activating group) is 3. The molecule has 368 valence electrons. The van der Waals surface area contributed by atoms with Crippen molar-refractivity contribution in [2.75, 3.05) is 99.9 Å². The van der Waals surface area contributed by atoms with Gasteiger partial charge in [0, 0.05) is 38.8 Å². The standard InChI is InChI=1S/C61H74N7O3/c1-66(33-7-4-8-34-66)39-42-69-48-19-13-45(14-20-48)59-53-27-25-51(62-53)52-26-28-54(63-52)60(46-15-21-49(22-16-46)70-43-40-67(2)35-9-5-10-36-67)56-30-32-58(65-56)61(57-31-29-55(59)64-57)47-17-23-50(24-18-47)71-44-41-68(3)37-11-6-12-38-68/h13-32,62-64H,4-12,33-44H2,1-3H3/q+3. The lowest BCUT2D eigenvalue weighted by Gasteiger charge is -2.37. The van der Waals surface area contributed by atoms with Gasteiger partial charge in [-0.15, -0.1) is 0 Å². The molecule has 8 heterocycles. The van der Waals surface area contributed by atoms with Crippen molar-refractivity contribution >= 4 is 45.3 Å². The first-order valence-electron chi connectivity index (χ1n) is 26.7. The van der Waals surface area contributed by atoms with Gasteiger partial charge < -0.3 is 42.6 Å². The van der Waals surface area contributed by atoms with Gasteiger partial charge in [0.25, 0.3) is 0 Å². The highest BCUT2D eigenvalue weighted by Gasteiger charge is 2.27. The van der Waals surface area contributed by atoms with Crippen LogP contribution >= 0.6 is 0 Å². The lowest BCUT2D eigenvalue weighted by atomic mass is 10.0. The van der Waals surface area contributed by atoms with Crippen LogP contribution in [0.25, 0.3) is 78.6 Å². The fourth-order valence-electron chi connectivity index (χ4n) is 11.9. The first kappa shape index (κ1) is 47.0. The minimum Gasteiger partial charge on any atom is -0.488 e. The lowest BCUT2D eigenvalue weighted by Crippen LogP contribution is -2.50. The highest BCUT2D eigenvalue weighted by molar-refractivity contribution is 5.99. The molecule has 3 fully saturated rings. The van der Waals surface area contributed by atoms with Gasteiger partial charge in [-0.25, -0.2) is 4.98 Å². The quantitative estimate of drug-likeness (QED) is 0.0894. The molecular formula is C61H74N7O3+3. The van der Waals surface area contributed by atoms with Crippen molar-refractivity contribution in [2.45, 2.75) is 57.8 Å². The molecule has 0 saturated carbocycles. The van der Waals surface area contributed by atoms with E-state index in [9.17, 15) is 0 Å². The number of hydrogen-bond donors (Lipinski definition) is 3. The Morgan fingerprint density at radius 2 is 0.634 bits per heavy atom. The van der Waals surface area contributed by atoms with Crippen LogP contribution < -0.4 is 14.2 Å². The first-order chi connectivity index (χ1) is 34.7. The number of quaternary nitrogens is 3. The third-order valence-corrected chi connectivity index (χ3v) is 16.4. The molecule has 8 bridgehead atoms. The molecule has 3 saturated heterocycles. The molecule has 0 aliphatic carbocycles. The number of likely N-dealkylation sites (tertiary alicyclic amines) is 3. The second-order valence-electron chi connectivity index (χ2n) is 21.9. The van der Waals surface area contributed by atoms with Gasteiger partial charge in [-0.05, 0) is 159 Å². The average molecular weight is 953 g/mol. The van der Waals surface area contributed by atoms with Crippen molar-refractivity contribution in [1.29, 1.82) is 0 Å². The molecule has 3 aromatic carbocycles. The predicted octanol–water partition coefficient (Wildman–Crippen LogP) is 12.7. The van der Waals surface area contributed by atoms with Crippen molar-refractivity contribution in [2.24, 2.45) is 0 Å². The number of nitrogens with one attached hydrogen (secondary N) is 3. The van der Waals surface area contributed by atoms with Crippen molar-refractivity contribution in [3.05, 3.63) is 121 Å². The van der Waals surface area contributed by atoms with Gasteiger partial charge in [0.2, 0.25) is 0 Å². The Morgan fingerprint density at radius 3 is 0.972 bits per heavy atom. The molecule has 3 N–H and O–H groups in total. The number of hydrogen-bond acceptors (Lipinski definition) is 4. The summed E-state index contributed by atoms with van der Waals surface area (Å²) in [4.78, 5) is 17.1. The fraction of sp³-hybridized carbons (Fsp3) is 0.393. The number of ether oxygens (including phenoxy) is 3. The Morgan fingerprint density at radius 1 is 0.352 bits per heavy atom. The van der Waals surface area contributed by atoms with Crippen LogP contribution in [-0.2, 0) is 0 Å². The summed E-state index contributed by atoms with van der Waals surface area (Å²) in [7, 11) is 7.13. The van der Waals surface area contributed by atoms with Crippen LogP contribution in [-0.4, -0.2) is 133 Å². The predicted molar refractivity (Wildman–Crippen MR) is 292 cm³/mol. The summed E-state index contributed by atoms with van der Waals surface area (Å²) in [5.74, 6) is 2.68. The van der Waals surface area contributed by atoms with Gasteiger partial charge in [-0.1, -0.05) is 36.4 Å². The number of nitrogens with zero attached hydrogens (tertiary/aromatic N) is 4. The van der Waals surface area contributed by atoms with E-state index in [4.69, 9.17) is 19.2 Å². The van der Waals surface area contributed by atoms with E-state index in [0.717, 1.165) is 128 Å². The number of aromatic amines is 3. The Bertz CT molecular complexity index is 3090. The average Bonchev–Trinajstić information content (AvgIpc) is 4.24. The molecule has 4 aliphatic heterocycles. The summed E-state index contributed by atoms with van der Waals surface area (Å²) in [5, 5.41) is 0. The maximum atomic E-state index is 6.42. The summed E-state index contributed by atoms with van der Waals surface area (Å²) in [6.45, 7) is 12.6. The molecule has 0 unspecified atom stereocenters. The smallest absolute Gasteiger partial charge is 0.137 e. The van der Waals surface area contributed by atoms with Gasteiger partial charge in [0.1, 0.15) is 56.7 Å². The van der Waals surface area contributed by atoms with Crippen molar-refractivity contribution < 1.29 is 27.7 Å². The van der Waals surface area contributed by atoms with Gasteiger partial charge in [-0.3, -0.25) is 0 Å². The molecule has 11 rings (SSSR count). The number of benzene rings is 3. The van der Waals surface area contributed by atoms with E-state index in [0.29, 0.717) is 19.8 Å². The third-order valence-electron chi connectivity index (χ3n) is 16.4. The molecule has 0 radical (unpaired) electrons. The van der Waals surface area contributed by atoms with Gasteiger partial charge in [0.15, 0.2) is 0 Å². The monoisotopic (exact) mass is 953 g/mol. The summed E-state index contributed by atoms with van der Waals surface area (Å²) in [6, 6.07) is 39.0. The minimum atomic E-state index is 0.704. The maximum Gasteiger partial charge on any atom is 0.137 e. The zero-order valence-corrected chi connectivity index (χ0v) is 42.4. The SMILES string of the molecule is C[N+]1(CCOc2ccc(-c3c4nc(c(-c5ccc(OCC[N+]6(C)CCCCC6)cc5)c5ccc([nH]5)c5ccc([nH]5)c(-c5ccc(OCC[N+]6(C)CCCCC6)cc5)c5ccc3[nH]5)C=C4)cc2)CCCCC1. The molecule has 4 aromatic heterocycles. The van der Waals surface area contributed by atoms with E-state index >= 15 is 0 Å². The normalized spacial score (nSPS) is 17.8. The van der Waals surface area contributed by atoms with E-state index < -0.39 is 0 Å². The van der Waals surface area contributed by atoms with Gasteiger partial charge in [0.05, 0.1) is 82.8 Å². The topological polar surface area (TPSA) is 87.9 Å². The van der Waals surface area contributed by atoms with Gasteiger partial charge in [-0.2, -0.15) is 0 Å². The molecule has 0 amide bonds. The lowest BCUT2D eigenvalue weighted by molar-refractivity contribution is -0.914. The van der Waals surface area contributed by atoms with Crippen LogP contribution in [0.1, 0.15) is 69.2 Å². The summed E-state index contributed by atoms with van der Waals surface area (Å²) in [5.41, 5.74) is 14.1. The highest BCUT2D eigenvalue weighted by Crippen LogP contribution is 2.38. The zero-order chi connectivity index (χ0) is 48.3. The number of aromatic nitrogens is 4. The van der Waals surface area contributed by atoms with Crippen molar-refractivity contribution in [1.82, 2.24) is 19.9 Å². The Kier molecular flexibility index (Phi) is 13.5. The molecule has 10 nitrogen and oxygen atoms in total. The summed E-state index contributed by atoms with van der Waals surface area (Å²) >= 11 is 0. The number of fused-ring (bicyclic) bond motifs is 9. The Hall–Kier alpha value is -6.33. The third kappa shape index (κ3) is 10.7. The van der Waals surface area contributed by atoms with Crippen molar-refractivity contribution in [3.63, 3.8) is 0 Å². The largest absolute Gasteiger partial charge is 0.488 e. The first-order valence-corrected chi connectivity index (χ1v) is 26.7. The van der Waals surface area contributed by atoms with Crippen molar-refractivity contribution in [3.8, 4) is 50.6 Å². The minimum absolute atomic E-state index is 0.704. The molecule has 4 aliphatic rings. The highest BCUT2D eigenvalue weighted by atomic mass is 16.5. The van der Waals surface area contributed by atoms with Crippen LogP contribution in [0.5, 0.6) is 17.2 Å². The molecule has 10 heteroatoms. The van der Waals surface area contributed by atoms with Crippen LogP contribution in [0.3, 0.4) is 0 Å². The fourth-order valence-corrected chi connectivity index (χ4v) is 11.9. The maximum absolute atomic E-state index is 6.42. The Balaban J connectivity index is 0.983. The van der Waals surface area contributed by atoms with Crippen LogP contribution in [0.15, 0.2) is 109 Å². The van der Waals surface area contributed by atoms with E-state index in [1.54, 1.807) is 0 Å². The van der Waals surface area contributed by atoms with Crippen LogP contribution in [0, 0.1) is 0 Å². The second-order valence-corrected chi connectivity index (χ2v) is 21.9. The van der Waals surface area contributed by atoms with E-state index in [2.05, 4.69) is 157 Å². The summed E-state index contributed by atoms with van der Waals surface area (Å²) < 4.78 is 22.5.